The summed E-state index contributed by atoms with van der Waals surface area (Å²) in [6.07, 6.45) is 3.40. The molecule has 4 heteroatoms. The maximum absolute atomic E-state index is 11.3. The van der Waals surface area contributed by atoms with Crippen LogP contribution in [0.15, 0.2) is 0 Å². The van der Waals surface area contributed by atoms with Gasteiger partial charge in [0.1, 0.15) is 0 Å². The summed E-state index contributed by atoms with van der Waals surface area (Å²) in [5.41, 5.74) is 0. The number of carbonyl (C=O) groups is 1. The van der Waals surface area contributed by atoms with E-state index in [2.05, 4.69) is 5.32 Å². The Morgan fingerprint density at radius 3 is 2.87 bits per heavy atom. The lowest BCUT2D eigenvalue weighted by Crippen LogP contribution is -2.22. The van der Waals surface area contributed by atoms with Gasteiger partial charge < -0.3 is 14.8 Å². The molecule has 0 spiro atoms. The van der Waals surface area contributed by atoms with Gasteiger partial charge in [0.05, 0.1) is 6.61 Å². The Morgan fingerprint density at radius 1 is 1.47 bits per heavy atom. The summed E-state index contributed by atoms with van der Waals surface area (Å²) in [6, 6.07) is 0. The number of carbonyl (C=O) groups excluding carboxylic acids is 1. The summed E-state index contributed by atoms with van der Waals surface area (Å²) < 4.78 is 10.4. The highest BCUT2D eigenvalue weighted by atomic mass is 16.5. The van der Waals surface area contributed by atoms with E-state index in [0.29, 0.717) is 18.9 Å². The Hall–Kier alpha value is -0.610. The lowest BCUT2D eigenvalue weighted by molar-refractivity contribution is -0.146. The molecule has 0 amide bonds. The van der Waals surface area contributed by atoms with Crippen molar-refractivity contribution in [3.63, 3.8) is 0 Å². The molecule has 1 heterocycles. The van der Waals surface area contributed by atoms with Crippen LogP contribution >= 0.6 is 0 Å². The van der Waals surface area contributed by atoms with Crippen molar-refractivity contribution in [3.05, 3.63) is 0 Å². The number of esters is 1. The van der Waals surface area contributed by atoms with Gasteiger partial charge in [-0.3, -0.25) is 4.79 Å². The van der Waals surface area contributed by atoms with Crippen molar-refractivity contribution in [2.24, 2.45) is 5.92 Å². The second-order valence-corrected chi connectivity index (χ2v) is 3.95. The first kappa shape index (κ1) is 12.5. The van der Waals surface area contributed by atoms with Crippen LogP contribution in [0, 0.1) is 5.92 Å². The van der Waals surface area contributed by atoms with Crippen molar-refractivity contribution in [2.45, 2.75) is 25.7 Å². The third-order valence-electron chi connectivity index (χ3n) is 2.63. The minimum Gasteiger partial charge on any atom is -0.465 e. The van der Waals surface area contributed by atoms with Gasteiger partial charge in [0, 0.05) is 19.6 Å². The zero-order chi connectivity index (χ0) is 10.9. The zero-order valence-corrected chi connectivity index (χ0v) is 9.46. The zero-order valence-electron chi connectivity index (χ0n) is 9.46. The summed E-state index contributed by atoms with van der Waals surface area (Å²) in [6.45, 7) is 3.05. The molecule has 88 valence electrons. The lowest BCUT2D eigenvalue weighted by Gasteiger charge is -2.21. The molecule has 4 nitrogen and oxygen atoms in total. The van der Waals surface area contributed by atoms with Crippen LogP contribution in [-0.4, -0.2) is 39.4 Å². The second kappa shape index (κ2) is 7.65. The van der Waals surface area contributed by atoms with Crippen LogP contribution in [0.1, 0.15) is 25.7 Å². The van der Waals surface area contributed by atoms with Crippen molar-refractivity contribution in [3.8, 4) is 0 Å². The van der Waals surface area contributed by atoms with Crippen LogP contribution in [0.5, 0.6) is 0 Å². The molecule has 0 unspecified atom stereocenters. The second-order valence-electron chi connectivity index (χ2n) is 3.95. The van der Waals surface area contributed by atoms with E-state index in [-0.39, 0.29) is 5.97 Å². The maximum Gasteiger partial charge on any atom is 0.305 e. The van der Waals surface area contributed by atoms with E-state index in [1.165, 1.54) is 0 Å². The highest BCUT2D eigenvalue weighted by Crippen LogP contribution is 2.14. The van der Waals surface area contributed by atoms with Crippen LogP contribution in [0.25, 0.3) is 0 Å². The molecule has 1 N–H and O–H groups in total. The summed E-state index contributed by atoms with van der Waals surface area (Å²) in [5, 5.41) is 3.00. The molecule has 0 atom stereocenters. The third-order valence-corrected chi connectivity index (χ3v) is 2.63. The number of ether oxygens (including phenoxy) is 2. The van der Waals surface area contributed by atoms with Crippen LogP contribution < -0.4 is 5.32 Å². The highest BCUT2D eigenvalue weighted by Gasteiger charge is 2.15. The van der Waals surface area contributed by atoms with Gasteiger partial charge in [-0.15, -0.1) is 0 Å². The normalized spacial score (nSPS) is 17.7. The molecule has 0 aliphatic carbocycles. The molecule has 0 saturated carbocycles. The topological polar surface area (TPSA) is 47.6 Å². The number of hydrogen-bond donors (Lipinski definition) is 1. The summed E-state index contributed by atoms with van der Waals surface area (Å²) >= 11 is 0. The number of hydrogen-bond acceptors (Lipinski definition) is 4. The molecule has 0 aromatic heterocycles. The van der Waals surface area contributed by atoms with Gasteiger partial charge in [-0.05, 0) is 38.8 Å². The van der Waals surface area contributed by atoms with Crippen molar-refractivity contribution < 1.29 is 14.3 Å². The fraction of sp³-hybridized carbons (Fsp3) is 0.909. The van der Waals surface area contributed by atoms with E-state index in [9.17, 15) is 4.79 Å². The SMILES string of the molecule is CNCCCC(=O)OCC1CCOCC1. The molecule has 0 bridgehead atoms. The minimum absolute atomic E-state index is 0.0725. The first-order chi connectivity index (χ1) is 7.33. The Balaban J connectivity index is 2.00. The summed E-state index contributed by atoms with van der Waals surface area (Å²) in [7, 11) is 1.88. The van der Waals surface area contributed by atoms with E-state index in [1.807, 2.05) is 7.05 Å². The maximum atomic E-state index is 11.3. The smallest absolute Gasteiger partial charge is 0.305 e. The van der Waals surface area contributed by atoms with E-state index in [4.69, 9.17) is 9.47 Å². The van der Waals surface area contributed by atoms with Crippen LogP contribution in [-0.2, 0) is 14.3 Å². The van der Waals surface area contributed by atoms with E-state index in [0.717, 1.165) is 39.0 Å². The summed E-state index contributed by atoms with van der Waals surface area (Å²) in [4.78, 5) is 11.3. The average Bonchev–Trinajstić information content (AvgIpc) is 2.28. The highest BCUT2D eigenvalue weighted by molar-refractivity contribution is 5.69. The summed E-state index contributed by atoms with van der Waals surface area (Å²) in [5.74, 6) is 0.434. The molecule has 15 heavy (non-hydrogen) atoms. The monoisotopic (exact) mass is 215 g/mol. The molecule has 1 saturated heterocycles. The fourth-order valence-electron chi connectivity index (χ4n) is 1.61. The van der Waals surface area contributed by atoms with Gasteiger partial charge in [-0.1, -0.05) is 0 Å². The molecular weight excluding hydrogens is 194 g/mol. The van der Waals surface area contributed by atoms with Gasteiger partial charge in [0.25, 0.3) is 0 Å². The predicted octanol–water partition coefficient (Wildman–Crippen LogP) is 0.956. The first-order valence-corrected chi connectivity index (χ1v) is 5.71. The van der Waals surface area contributed by atoms with Gasteiger partial charge in [-0.25, -0.2) is 0 Å². The van der Waals surface area contributed by atoms with Crippen molar-refractivity contribution in [1.82, 2.24) is 5.32 Å². The van der Waals surface area contributed by atoms with Crippen molar-refractivity contribution in [1.29, 1.82) is 0 Å². The average molecular weight is 215 g/mol. The molecule has 0 aromatic carbocycles. The van der Waals surface area contributed by atoms with E-state index in [1.54, 1.807) is 0 Å². The minimum atomic E-state index is -0.0725. The Bertz CT molecular complexity index is 179. The largest absolute Gasteiger partial charge is 0.465 e. The molecular formula is C11H21NO3. The van der Waals surface area contributed by atoms with Crippen molar-refractivity contribution >= 4 is 5.97 Å². The lowest BCUT2D eigenvalue weighted by atomic mass is 10.0. The van der Waals surface area contributed by atoms with Gasteiger partial charge in [0.15, 0.2) is 0 Å². The molecule has 1 fully saturated rings. The van der Waals surface area contributed by atoms with Crippen LogP contribution in [0.2, 0.25) is 0 Å². The van der Waals surface area contributed by atoms with Gasteiger partial charge in [-0.2, -0.15) is 0 Å². The Labute approximate surface area is 91.3 Å². The molecule has 1 aliphatic heterocycles. The Kier molecular flexibility index (Phi) is 6.36. The predicted molar refractivity (Wildman–Crippen MR) is 57.7 cm³/mol. The van der Waals surface area contributed by atoms with E-state index >= 15 is 0 Å². The molecule has 0 radical (unpaired) electrons. The molecule has 0 aromatic rings. The first-order valence-electron chi connectivity index (χ1n) is 5.71. The third kappa shape index (κ3) is 5.74. The van der Waals surface area contributed by atoms with E-state index < -0.39 is 0 Å². The van der Waals surface area contributed by atoms with Gasteiger partial charge >= 0.3 is 5.97 Å². The quantitative estimate of drug-likeness (QED) is 0.529. The number of rotatable bonds is 6. The molecule has 1 rings (SSSR count). The Morgan fingerprint density at radius 2 is 2.20 bits per heavy atom. The number of nitrogens with one attached hydrogen (secondary N) is 1. The standard InChI is InChI=1S/C11H21NO3/c1-12-6-2-3-11(13)15-9-10-4-7-14-8-5-10/h10,12H,2-9H2,1H3. The fourth-order valence-corrected chi connectivity index (χ4v) is 1.61. The molecule has 1 aliphatic rings. The van der Waals surface area contributed by atoms with Crippen LogP contribution in [0.4, 0.5) is 0 Å². The van der Waals surface area contributed by atoms with Crippen molar-refractivity contribution in [2.75, 3.05) is 33.4 Å². The van der Waals surface area contributed by atoms with Gasteiger partial charge in [0.2, 0.25) is 0 Å². The van der Waals surface area contributed by atoms with Crippen LogP contribution in [0.3, 0.4) is 0 Å².